The number of alkyl halides is 2. The van der Waals surface area contributed by atoms with E-state index in [4.69, 9.17) is 5.21 Å². The highest BCUT2D eigenvalue weighted by molar-refractivity contribution is 5.93. The first-order chi connectivity index (χ1) is 14.0. The number of nitrogens with one attached hydrogen (secondary N) is 2. The number of nitrogens with zero attached hydrogens (tertiary/aromatic N) is 3. The molecule has 154 valence electrons. The first-order valence-corrected chi connectivity index (χ1v) is 9.08. The van der Waals surface area contributed by atoms with Crippen LogP contribution in [-0.4, -0.2) is 45.9 Å². The minimum atomic E-state index is -2.87. The molecule has 1 aromatic heterocycles. The van der Waals surface area contributed by atoms with Gasteiger partial charge < -0.3 is 10.2 Å². The number of carbonyl (C=O) groups excluding carboxylic acids is 2. The lowest BCUT2D eigenvalue weighted by atomic mass is 10.0. The number of carbonyl (C=O) groups is 2. The highest BCUT2D eigenvalue weighted by Crippen LogP contribution is 2.25. The molecule has 2 heterocycles. The normalized spacial score (nSPS) is 15.1. The zero-order valence-corrected chi connectivity index (χ0v) is 15.5. The van der Waals surface area contributed by atoms with Crippen molar-refractivity contribution < 1.29 is 23.6 Å². The number of benzene rings is 1. The van der Waals surface area contributed by atoms with E-state index in [2.05, 4.69) is 15.3 Å². The second kappa shape index (κ2) is 9.28. The maximum Gasteiger partial charge on any atom is 0.333 e. The Bertz CT molecular complexity index is 891. The van der Waals surface area contributed by atoms with Crippen molar-refractivity contribution in [2.45, 2.75) is 25.4 Å². The van der Waals surface area contributed by atoms with Crippen molar-refractivity contribution >= 4 is 23.6 Å². The first kappa shape index (κ1) is 20.5. The molecule has 3 N–H and O–H groups in total. The van der Waals surface area contributed by atoms with Gasteiger partial charge in [0.05, 0.1) is 0 Å². The van der Waals surface area contributed by atoms with E-state index in [-0.39, 0.29) is 11.7 Å². The van der Waals surface area contributed by atoms with Crippen LogP contribution >= 0.6 is 0 Å². The lowest BCUT2D eigenvalue weighted by Gasteiger charge is -2.34. The smallest absolute Gasteiger partial charge is 0.333 e. The number of hydrogen-bond acceptors (Lipinski definition) is 5. The summed E-state index contributed by atoms with van der Waals surface area (Å²) < 4.78 is 26.2. The number of halogens is 2. The Morgan fingerprint density at radius 3 is 2.62 bits per heavy atom. The fourth-order valence-corrected chi connectivity index (χ4v) is 3.29. The van der Waals surface area contributed by atoms with Gasteiger partial charge in [-0.3, -0.25) is 14.8 Å². The molecule has 0 unspecified atom stereocenters. The van der Waals surface area contributed by atoms with Gasteiger partial charge in [0.25, 0.3) is 11.8 Å². The van der Waals surface area contributed by atoms with Crippen LogP contribution in [0.25, 0.3) is 6.08 Å². The largest absolute Gasteiger partial charge is 0.371 e. The Hall–Kier alpha value is -3.27. The molecule has 0 atom stereocenters. The predicted molar refractivity (Wildman–Crippen MR) is 102 cm³/mol. The number of hydrogen-bond donors (Lipinski definition) is 3. The van der Waals surface area contributed by atoms with E-state index in [1.165, 1.54) is 18.3 Å². The Labute approximate surface area is 165 Å². The summed E-state index contributed by atoms with van der Waals surface area (Å²) in [5, 5.41) is 14.9. The second-order valence-electron chi connectivity index (χ2n) is 6.54. The molecule has 0 spiro atoms. The molecule has 8 nitrogen and oxygen atoms in total. The molecule has 1 fully saturated rings. The predicted octanol–water partition coefficient (Wildman–Crippen LogP) is 2.20. The summed E-state index contributed by atoms with van der Waals surface area (Å²) >= 11 is 0. The van der Waals surface area contributed by atoms with Crippen LogP contribution in [0.2, 0.25) is 0 Å². The Kier molecular flexibility index (Phi) is 6.55. The number of anilines is 1. The van der Waals surface area contributed by atoms with Crippen molar-refractivity contribution in [3.05, 3.63) is 53.9 Å². The highest BCUT2D eigenvalue weighted by Gasteiger charge is 2.24. The van der Waals surface area contributed by atoms with Gasteiger partial charge in [-0.15, -0.1) is 0 Å². The summed E-state index contributed by atoms with van der Waals surface area (Å²) in [6, 6.07) is 8.65. The van der Waals surface area contributed by atoms with Gasteiger partial charge in [-0.25, -0.2) is 5.48 Å². The summed E-state index contributed by atoms with van der Waals surface area (Å²) in [6.45, 7) is -1.57. The minimum absolute atomic E-state index is 0.136. The summed E-state index contributed by atoms with van der Waals surface area (Å²) in [5.41, 5.74) is 3.13. The number of amides is 2. The van der Waals surface area contributed by atoms with E-state index in [0.29, 0.717) is 30.6 Å². The van der Waals surface area contributed by atoms with Gasteiger partial charge in [0, 0.05) is 37.1 Å². The topological polar surface area (TPSA) is 99.5 Å². The molecular formula is C19H21F2N5O3. The molecule has 2 amide bonds. The SMILES string of the molecule is O=C(C=Cc1ccccc1N1CCC(NC(=O)c2ccnn2C(F)F)CC1)NO. The molecule has 3 rings (SSSR count). The Morgan fingerprint density at radius 2 is 1.93 bits per heavy atom. The van der Waals surface area contributed by atoms with E-state index < -0.39 is 18.4 Å². The van der Waals surface area contributed by atoms with Gasteiger partial charge in [-0.1, -0.05) is 18.2 Å². The summed E-state index contributed by atoms with van der Waals surface area (Å²) in [7, 11) is 0. The third kappa shape index (κ3) is 4.96. The van der Waals surface area contributed by atoms with Crippen molar-refractivity contribution in [2.24, 2.45) is 0 Å². The van der Waals surface area contributed by atoms with Gasteiger partial charge in [0.15, 0.2) is 0 Å². The average molecular weight is 405 g/mol. The quantitative estimate of drug-likeness (QED) is 0.389. The fraction of sp³-hybridized carbons (Fsp3) is 0.316. The molecule has 29 heavy (non-hydrogen) atoms. The average Bonchev–Trinajstić information content (AvgIpc) is 3.23. The van der Waals surface area contributed by atoms with Crippen LogP contribution in [0.1, 0.15) is 35.4 Å². The summed E-state index contributed by atoms with van der Waals surface area (Å²) in [5.74, 6) is -1.19. The summed E-state index contributed by atoms with van der Waals surface area (Å²) in [4.78, 5) is 25.7. The first-order valence-electron chi connectivity index (χ1n) is 9.08. The fourth-order valence-electron chi connectivity index (χ4n) is 3.29. The zero-order chi connectivity index (χ0) is 20.8. The standard InChI is InChI=1S/C19H21F2N5O3/c20-19(21)26-16(7-10-22-26)18(28)23-14-8-11-25(12-9-14)15-4-2-1-3-13(15)5-6-17(27)24-29/h1-7,10,14,19,29H,8-9,11-12H2,(H,23,28)(H,24,27). The molecular weight excluding hydrogens is 384 g/mol. The third-order valence-corrected chi connectivity index (χ3v) is 4.72. The van der Waals surface area contributed by atoms with Crippen molar-refractivity contribution in [1.29, 1.82) is 0 Å². The van der Waals surface area contributed by atoms with Gasteiger partial charge >= 0.3 is 6.55 Å². The summed E-state index contributed by atoms with van der Waals surface area (Å²) in [6.07, 6.45) is 5.30. The Balaban J connectivity index is 1.61. The van der Waals surface area contributed by atoms with E-state index >= 15 is 0 Å². The van der Waals surface area contributed by atoms with Crippen molar-refractivity contribution in [2.75, 3.05) is 18.0 Å². The number of hydroxylamine groups is 1. The van der Waals surface area contributed by atoms with Gasteiger partial charge in [-0.05, 0) is 36.6 Å². The molecule has 2 aromatic rings. The molecule has 1 aromatic carbocycles. The molecule has 0 aliphatic carbocycles. The molecule has 10 heteroatoms. The van der Waals surface area contributed by atoms with Crippen LogP contribution in [0.15, 0.2) is 42.6 Å². The van der Waals surface area contributed by atoms with Crippen molar-refractivity contribution in [1.82, 2.24) is 20.6 Å². The van der Waals surface area contributed by atoms with Crippen molar-refractivity contribution in [3.8, 4) is 0 Å². The van der Waals surface area contributed by atoms with Crippen LogP contribution < -0.4 is 15.7 Å². The number of para-hydroxylation sites is 1. The zero-order valence-electron chi connectivity index (χ0n) is 15.5. The van der Waals surface area contributed by atoms with E-state index in [9.17, 15) is 18.4 Å². The minimum Gasteiger partial charge on any atom is -0.371 e. The monoisotopic (exact) mass is 405 g/mol. The van der Waals surface area contributed by atoms with Gasteiger partial charge in [-0.2, -0.15) is 18.6 Å². The second-order valence-corrected chi connectivity index (χ2v) is 6.54. The molecule has 0 saturated carbocycles. The molecule has 0 radical (unpaired) electrons. The lowest BCUT2D eigenvalue weighted by Crippen LogP contribution is -2.45. The maximum atomic E-state index is 12.9. The van der Waals surface area contributed by atoms with Crippen LogP contribution in [0, 0.1) is 0 Å². The van der Waals surface area contributed by atoms with Crippen LogP contribution in [0.3, 0.4) is 0 Å². The molecule has 1 saturated heterocycles. The van der Waals surface area contributed by atoms with Crippen molar-refractivity contribution in [3.63, 3.8) is 0 Å². The van der Waals surface area contributed by atoms with Gasteiger partial charge in [0.1, 0.15) is 5.69 Å². The highest BCUT2D eigenvalue weighted by atomic mass is 19.3. The number of aromatic nitrogens is 2. The van der Waals surface area contributed by atoms with E-state index in [1.54, 1.807) is 11.6 Å². The van der Waals surface area contributed by atoms with Crippen LogP contribution in [-0.2, 0) is 4.79 Å². The van der Waals surface area contributed by atoms with Crippen LogP contribution in [0.5, 0.6) is 0 Å². The number of rotatable bonds is 6. The van der Waals surface area contributed by atoms with Crippen LogP contribution in [0.4, 0.5) is 14.5 Å². The number of piperidine rings is 1. The maximum absolute atomic E-state index is 12.9. The molecule has 1 aliphatic heterocycles. The third-order valence-electron chi connectivity index (χ3n) is 4.72. The lowest BCUT2D eigenvalue weighted by molar-refractivity contribution is -0.124. The molecule has 1 aliphatic rings. The van der Waals surface area contributed by atoms with E-state index in [0.717, 1.165) is 11.3 Å². The molecule has 0 bridgehead atoms. The Morgan fingerprint density at radius 1 is 1.21 bits per heavy atom. The van der Waals surface area contributed by atoms with Gasteiger partial charge in [0.2, 0.25) is 0 Å². The van der Waals surface area contributed by atoms with E-state index in [1.807, 2.05) is 24.3 Å².